The van der Waals surface area contributed by atoms with Crippen molar-refractivity contribution in [3.63, 3.8) is 0 Å². The summed E-state index contributed by atoms with van der Waals surface area (Å²) in [6.07, 6.45) is 3.73. The Balaban J connectivity index is 2.11. The molecule has 2 heterocycles. The molecule has 1 fully saturated rings. The number of hydrogen-bond donors (Lipinski definition) is 0. The molecule has 0 unspecified atom stereocenters. The molecule has 23 heavy (non-hydrogen) atoms. The SMILES string of the molecule is CC[C@@H]1CCCCN1S(=O)(=O)c1ccc2c(c1)n(C)c(=O)n2C. The van der Waals surface area contributed by atoms with Crippen LogP contribution in [0.15, 0.2) is 27.9 Å². The number of benzene rings is 1. The van der Waals surface area contributed by atoms with Crippen molar-refractivity contribution in [2.75, 3.05) is 6.54 Å². The Labute approximate surface area is 136 Å². The summed E-state index contributed by atoms with van der Waals surface area (Å²) in [6.45, 7) is 2.61. The van der Waals surface area contributed by atoms with Crippen molar-refractivity contribution in [3.8, 4) is 0 Å². The highest BCUT2D eigenvalue weighted by atomic mass is 32.2. The van der Waals surface area contributed by atoms with E-state index in [9.17, 15) is 13.2 Å². The molecule has 0 saturated carbocycles. The van der Waals surface area contributed by atoms with E-state index >= 15 is 0 Å². The van der Waals surface area contributed by atoms with E-state index in [1.165, 1.54) is 9.13 Å². The minimum atomic E-state index is -3.53. The van der Waals surface area contributed by atoms with Gasteiger partial charge in [-0.1, -0.05) is 13.3 Å². The van der Waals surface area contributed by atoms with Gasteiger partial charge in [-0.05, 0) is 37.5 Å². The quantitative estimate of drug-likeness (QED) is 0.858. The van der Waals surface area contributed by atoms with Crippen molar-refractivity contribution in [3.05, 3.63) is 28.7 Å². The number of aromatic nitrogens is 2. The minimum absolute atomic E-state index is 0.0732. The number of rotatable bonds is 3. The lowest BCUT2D eigenvalue weighted by Gasteiger charge is -2.34. The number of piperidine rings is 1. The third kappa shape index (κ3) is 2.52. The lowest BCUT2D eigenvalue weighted by Crippen LogP contribution is -2.43. The van der Waals surface area contributed by atoms with Crippen LogP contribution in [0, 0.1) is 0 Å². The Morgan fingerprint density at radius 3 is 2.52 bits per heavy atom. The molecule has 0 bridgehead atoms. The van der Waals surface area contributed by atoms with Crippen LogP contribution < -0.4 is 5.69 Å². The lowest BCUT2D eigenvalue weighted by molar-refractivity contribution is 0.246. The first-order valence-corrected chi connectivity index (χ1v) is 9.49. The molecule has 6 nitrogen and oxygen atoms in total. The van der Waals surface area contributed by atoms with Crippen LogP contribution >= 0.6 is 0 Å². The molecule has 7 heteroatoms. The zero-order chi connectivity index (χ0) is 16.8. The maximum absolute atomic E-state index is 13.0. The van der Waals surface area contributed by atoms with Gasteiger partial charge in [-0.2, -0.15) is 4.31 Å². The fourth-order valence-electron chi connectivity index (χ4n) is 3.48. The van der Waals surface area contributed by atoms with Gasteiger partial charge < -0.3 is 0 Å². The minimum Gasteiger partial charge on any atom is -0.295 e. The second-order valence-electron chi connectivity index (χ2n) is 6.22. The third-order valence-corrected chi connectivity index (χ3v) is 6.84. The van der Waals surface area contributed by atoms with Gasteiger partial charge in [-0.25, -0.2) is 13.2 Å². The molecule has 0 amide bonds. The molecule has 1 aliphatic heterocycles. The number of sulfonamides is 1. The normalized spacial score (nSPS) is 20.2. The van der Waals surface area contributed by atoms with Gasteiger partial charge in [-0.3, -0.25) is 9.13 Å². The molecule has 1 saturated heterocycles. The van der Waals surface area contributed by atoms with E-state index in [2.05, 4.69) is 0 Å². The predicted octanol–water partition coefficient (Wildman–Crippen LogP) is 1.83. The van der Waals surface area contributed by atoms with Crippen molar-refractivity contribution < 1.29 is 8.42 Å². The molecular weight excluding hydrogens is 314 g/mol. The molecule has 1 aromatic carbocycles. The Hall–Kier alpha value is -1.60. The number of hydrogen-bond acceptors (Lipinski definition) is 3. The topological polar surface area (TPSA) is 64.3 Å². The van der Waals surface area contributed by atoms with Crippen LogP contribution in [0.3, 0.4) is 0 Å². The summed E-state index contributed by atoms with van der Waals surface area (Å²) in [7, 11) is -0.172. The molecule has 0 aliphatic carbocycles. The van der Waals surface area contributed by atoms with Gasteiger partial charge in [-0.15, -0.1) is 0 Å². The highest BCUT2D eigenvalue weighted by Gasteiger charge is 2.32. The molecule has 1 aliphatic rings. The van der Waals surface area contributed by atoms with Crippen molar-refractivity contribution in [1.29, 1.82) is 0 Å². The van der Waals surface area contributed by atoms with Gasteiger partial charge in [0.1, 0.15) is 0 Å². The summed E-state index contributed by atoms with van der Waals surface area (Å²) < 4.78 is 30.7. The summed E-state index contributed by atoms with van der Waals surface area (Å²) in [5, 5.41) is 0. The first-order chi connectivity index (χ1) is 10.9. The van der Waals surface area contributed by atoms with Gasteiger partial charge in [0.2, 0.25) is 10.0 Å². The predicted molar refractivity (Wildman–Crippen MR) is 90.0 cm³/mol. The van der Waals surface area contributed by atoms with Gasteiger partial charge in [0.15, 0.2) is 0 Å². The first-order valence-electron chi connectivity index (χ1n) is 8.05. The fourth-order valence-corrected chi connectivity index (χ4v) is 5.27. The van der Waals surface area contributed by atoms with Gasteiger partial charge in [0.25, 0.3) is 0 Å². The summed E-state index contributed by atoms with van der Waals surface area (Å²) in [4.78, 5) is 12.3. The molecule has 1 atom stereocenters. The molecule has 0 N–H and O–H groups in total. The zero-order valence-electron chi connectivity index (χ0n) is 13.8. The number of fused-ring (bicyclic) bond motifs is 1. The molecular formula is C16H23N3O3S. The van der Waals surface area contributed by atoms with Crippen molar-refractivity contribution in [2.24, 2.45) is 14.1 Å². The van der Waals surface area contributed by atoms with E-state index in [0.717, 1.165) is 31.2 Å². The number of aryl methyl sites for hydroxylation is 2. The Morgan fingerprint density at radius 1 is 1.13 bits per heavy atom. The Kier molecular flexibility index (Phi) is 4.10. The van der Waals surface area contributed by atoms with Crippen LogP contribution in [0.1, 0.15) is 32.6 Å². The number of imidazole rings is 1. The lowest BCUT2D eigenvalue weighted by atomic mass is 10.0. The van der Waals surface area contributed by atoms with Crippen molar-refractivity contribution in [1.82, 2.24) is 13.4 Å². The van der Waals surface area contributed by atoms with Crippen molar-refractivity contribution >= 4 is 21.1 Å². The van der Waals surface area contributed by atoms with E-state index < -0.39 is 10.0 Å². The average Bonchev–Trinajstić information content (AvgIpc) is 2.79. The van der Waals surface area contributed by atoms with E-state index in [-0.39, 0.29) is 16.6 Å². The van der Waals surface area contributed by atoms with Crippen LogP contribution in [-0.4, -0.2) is 34.4 Å². The Morgan fingerprint density at radius 2 is 1.83 bits per heavy atom. The number of nitrogens with zero attached hydrogens (tertiary/aromatic N) is 3. The van der Waals surface area contributed by atoms with Crippen LogP contribution in [0.5, 0.6) is 0 Å². The highest BCUT2D eigenvalue weighted by Crippen LogP contribution is 2.28. The fraction of sp³-hybridized carbons (Fsp3) is 0.562. The van der Waals surface area contributed by atoms with E-state index in [1.807, 2.05) is 6.92 Å². The highest BCUT2D eigenvalue weighted by molar-refractivity contribution is 7.89. The first kappa shape index (κ1) is 16.3. The van der Waals surface area contributed by atoms with E-state index in [4.69, 9.17) is 0 Å². The van der Waals surface area contributed by atoms with Crippen molar-refractivity contribution in [2.45, 2.75) is 43.5 Å². The van der Waals surface area contributed by atoms with Gasteiger partial charge in [0.05, 0.1) is 15.9 Å². The summed E-state index contributed by atoms with van der Waals surface area (Å²) in [5.74, 6) is 0. The van der Waals surface area contributed by atoms with Gasteiger partial charge >= 0.3 is 5.69 Å². The maximum Gasteiger partial charge on any atom is 0.328 e. The van der Waals surface area contributed by atoms with E-state index in [1.54, 1.807) is 36.6 Å². The van der Waals surface area contributed by atoms with Crippen LogP contribution in [-0.2, 0) is 24.1 Å². The smallest absolute Gasteiger partial charge is 0.295 e. The molecule has 3 rings (SSSR count). The molecule has 2 aromatic rings. The van der Waals surface area contributed by atoms with Crippen LogP contribution in [0.25, 0.3) is 11.0 Å². The second-order valence-corrected chi connectivity index (χ2v) is 8.12. The van der Waals surface area contributed by atoms with E-state index in [0.29, 0.717) is 12.1 Å². The second kappa shape index (κ2) is 5.79. The molecule has 1 aromatic heterocycles. The zero-order valence-corrected chi connectivity index (χ0v) is 14.6. The maximum atomic E-state index is 13.0. The summed E-state index contributed by atoms with van der Waals surface area (Å²) in [6, 6.07) is 5.02. The summed E-state index contributed by atoms with van der Waals surface area (Å²) >= 11 is 0. The monoisotopic (exact) mass is 337 g/mol. The third-order valence-electron chi connectivity index (χ3n) is 4.89. The molecule has 0 spiro atoms. The largest absolute Gasteiger partial charge is 0.328 e. The van der Waals surface area contributed by atoms with Gasteiger partial charge in [0, 0.05) is 26.7 Å². The van der Waals surface area contributed by atoms with Crippen LogP contribution in [0.4, 0.5) is 0 Å². The molecule has 0 radical (unpaired) electrons. The van der Waals surface area contributed by atoms with Crippen LogP contribution in [0.2, 0.25) is 0 Å². The molecule has 126 valence electrons. The average molecular weight is 337 g/mol. The summed E-state index contributed by atoms with van der Waals surface area (Å²) in [5.41, 5.74) is 1.23. The standard InChI is InChI=1S/C16H23N3O3S/c1-4-12-7-5-6-10-19(12)23(21,22)13-8-9-14-15(11-13)18(3)16(20)17(14)2/h8-9,11-12H,4-7,10H2,1-3H3/t12-/m1/s1. The Bertz CT molecular complexity index is 895.